The topological polar surface area (TPSA) is 78.9 Å². The van der Waals surface area contributed by atoms with Crippen LogP contribution in [0.15, 0.2) is 48.5 Å². The molecule has 0 N–H and O–H groups in total. The van der Waals surface area contributed by atoms with Gasteiger partial charge in [0.05, 0.1) is 29.9 Å². The molecule has 2 rings (SSSR count). The van der Waals surface area contributed by atoms with Crippen LogP contribution >= 0.6 is 9.12 Å². The first-order valence-corrected chi connectivity index (χ1v) is 13.5. The standard InChI is InChI=1S/C29H40O5.H3OP/c1-4-5-6-7-8-9-10-11-12-16-22-34-29(31)26(23-18-14-13-15-19-23)28(30)27-24(32-2)20-17-21-25(27)33-3;1-2/h13-15,17-21,26H,4-12,16,22H2,1-3H3;2H3. The zero-order valence-electron chi connectivity index (χ0n) is 22.1. The molecule has 36 heavy (non-hydrogen) atoms. The lowest BCUT2D eigenvalue weighted by atomic mass is 9.89. The summed E-state index contributed by atoms with van der Waals surface area (Å²) >= 11 is 0. The average molecular weight is 519 g/mol. The Balaban J connectivity index is 0.00000316. The molecule has 2 aromatic rings. The molecule has 0 saturated heterocycles. The summed E-state index contributed by atoms with van der Waals surface area (Å²) in [5, 5.41) is 0. The second kappa shape index (κ2) is 19.6. The van der Waals surface area contributed by atoms with Crippen LogP contribution in [0.2, 0.25) is 0 Å². The normalized spacial score (nSPS) is 11.2. The Kier molecular flexibility index (Phi) is 17.1. The third-order valence-corrected chi connectivity index (χ3v) is 6.05. The van der Waals surface area contributed by atoms with E-state index in [-0.39, 0.29) is 5.56 Å². The Morgan fingerprint density at radius 2 is 1.22 bits per heavy atom. The fourth-order valence-electron chi connectivity index (χ4n) is 4.12. The smallest absolute Gasteiger partial charge is 0.321 e. The molecule has 2 atom stereocenters. The first-order chi connectivity index (χ1) is 17.6. The summed E-state index contributed by atoms with van der Waals surface area (Å²) < 4.78 is 24.6. The van der Waals surface area contributed by atoms with Crippen molar-refractivity contribution in [3.63, 3.8) is 0 Å². The van der Waals surface area contributed by atoms with Crippen molar-refractivity contribution in [1.82, 2.24) is 0 Å². The molecule has 6 nitrogen and oxygen atoms in total. The highest BCUT2D eigenvalue weighted by Gasteiger charge is 2.34. The Morgan fingerprint density at radius 3 is 1.72 bits per heavy atom. The van der Waals surface area contributed by atoms with Crippen LogP contribution in [0.4, 0.5) is 0 Å². The molecule has 0 radical (unpaired) electrons. The van der Waals surface area contributed by atoms with E-state index in [0.29, 0.717) is 32.8 Å². The second-order valence-electron chi connectivity index (χ2n) is 8.59. The van der Waals surface area contributed by atoms with Crippen LogP contribution in [0.1, 0.15) is 93.0 Å². The van der Waals surface area contributed by atoms with Gasteiger partial charge in [0.1, 0.15) is 23.0 Å². The van der Waals surface area contributed by atoms with Crippen LogP contribution in [-0.2, 0) is 14.1 Å². The van der Waals surface area contributed by atoms with Crippen molar-refractivity contribution >= 4 is 20.9 Å². The molecule has 0 aliphatic rings. The molecule has 0 heterocycles. The van der Waals surface area contributed by atoms with E-state index in [4.69, 9.17) is 18.8 Å². The van der Waals surface area contributed by atoms with Crippen molar-refractivity contribution in [2.75, 3.05) is 20.8 Å². The largest absolute Gasteiger partial charge is 0.496 e. The number of unbranched alkanes of at least 4 members (excludes halogenated alkanes) is 9. The van der Waals surface area contributed by atoms with Gasteiger partial charge in [-0.3, -0.25) is 9.59 Å². The Hall–Kier alpha value is -2.59. The predicted octanol–water partition coefficient (Wildman–Crippen LogP) is 7.07. The lowest BCUT2D eigenvalue weighted by molar-refractivity contribution is -0.144. The van der Waals surface area contributed by atoms with Crippen molar-refractivity contribution in [2.24, 2.45) is 0 Å². The molecule has 0 bridgehead atoms. The summed E-state index contributed by atoms with van der Waals surface area (Å²) in [6.07, 6.45) is 12.1. The van der Waals surface area contributed by atoms with Gasteiger partial charge in [0, 0.05) is 0 Å². The summed E-state index contributed by atoms with van der Waals surface area (Å²) in [5.41, 5.74) is 0.839. The van der Waals surface area contributed by atoms with Gasteiger partial charge in [-0.25, -0.2) is 0 Å². The first kappa shape index (κ1) is 31.4. The van der Waals surface area contributed by atoms with E-state index in [9.17, 15) is 9.59 Å². The van der Waals surface area contributed by atoms with Gasteiger partial charge in [-0.1, -0.05) is 101 Å². The molecule has 0 saturated carbocycles. The number of hydrogen-bond acceptors (Lipinski definition) is 6. The summed E-state index contributed by atoms with van der Waals surface area (Å²) in [4.78, 5) is 26.7. The zero-order valence-corrected chi connectivity index (χ0v) is 23.5. The molecule has 0 aromatic heterocycles. The van der Waals surface area contributed by atoms with Crippen molar-refractivity contribution in [2.45, 2.75) is 77.0 Å². The fraction of sp³-hybridized carbons (Fsp3) is 0.517. The SMILES string of the molecule is CCCCCCCCCCCCOC(=O)C(C(=O)c1c(OC)cccc1OC)c1ccccc1.O=[PH3]. The van der Waals surface area contributed by atoms with E-state index in [1.807, 2.05) is 18.2 Å². The second-order valence-corrected chi connectivity index (χ2v) is 8.59. The van der Waals surface area contributed by atoms with E-state index in [1.165, 1.54) is 59.2 Å². The third kappa shape index (κ3) is 10.6. The summed E-state index contributed by atoms with van der Waals surface area (Å²) in [7, 11) is 3.60. The Labute approximate surface area is 218 Å². The molecule has 2 aromatic carbocycles. The zero-order chi connectivity index (χ0) is 26.6. The van der Waals surface area contributed by atoms with Gasteiger partial charge in [-0.15, -0.1) is 0 Å². The number of benzene rings is 2. The van der Waals surface area contributed by atoms with Crippen LogP contribution < -0.4 is 9.47 Å². The van der Waals surface area contributed by atoms with E-state index in [0.717, 1.165) is 19.3 Å². The minimum absolute atomic E-state index is 0.247. The van der Waals surface area contributed by atoms with Gasteiger partial charge in [0.2, 0.25) is 0 Å². The van der Waals surface area contributed by atoms with Crippen molar-refractivity contribution in [1.29, 1.82) is 0 Å². The molecule has 0 fully saturated rings. The van der Waals surface area contributed by atoms with Gasteiger partial charge in [0.25, 0.3) is 0 Å². The monoisotopic (exact) mass is 518 g/mol. The number of carbonyl (C=O) groups is 2. The molecular weight excluding hydrogens is 475 g/mol. The summed E-state index contributed by atoms with van der Waals surface area (Å²) in [6, 6.07) is 14.1. The number of ketones is 1. The van der Waals surface area contributed by atoms with Gasteiger partial charge < -0.3 is 18.8 Å². The van der Waals surface area contributed by atoms with Gasteiger partial charge >= 0.3 is 5.97 Å². The number of esters is 1. The maximum Gasteiger partial charge on any atom is 0.321 e. The highest BCUT2D eigenvalue weighted by molar-refractivity contribution is 7.00. The van der Waals surface area contributed by atoms with Crippen molar-refractivity contribution in [3.05, 3.63) is 59.7 Å². The number of methoxy groups -OCH3 is 2. The van der Waals surface area contributed by atoms with Crippen LogP contribution in [0.5, 0.6) is 11.5 Å². The lowest BCUT2D eigenvalue weighted by Gasteiger charge is -2.19. The number of hydrogen-bond donors (Lipinski definition) is 0. The fourth-order valence-corrected chi connectivity index (χ4v) is 4.12. The highest BCUT2D eigenvalue weighted by Crippen LogP contribution is 2.34. The summed E-state index contributed by atoms with van der Waals surface area (Å²) in [6.45, 7) is 2.55. The lowest BCUT2D eigenvalue weighted by Crippen LogP contribution is -2.25. The maximum atomic E-state index is 13.6. The van der Waals surface area contributed by atoms with E-state index in [1.54, 1.807) is 30.3 Å². The minimum atomic E-state index is -1.07. The van der Waals surface area contributed by atoms with E-state index < -0.39 is 17.7 Å². The molecular formula is C29H43O6P. The minimum Gasteiger partial charge on any atom is -0.496 e. The molecule has 0 spiro atoms. The van der Waals surface area contributed by atoms with Gasteiger partial charge in [-0.05, 0) is 24.1 Å². The predicted molar refractivity (Wildman–Crippen MR) is 148 cm³/mol. The third-order valence-electron chi connectivity index (χ3n) is 6.05. The summed E-state index contributed by atoms with van der Waals surface area (Å²) in [5.74, 6) is -1.27. The maximum absolute atomic E-state index is 13.6. The number of Topliss-reactive ketones (excluding diaryl/α,β-unsaturated/α-hetero) is 1. The van der Waals surface area contributed by atoms with Crippen molar-refractivity contribution in [3.8, 4) is 11.5 Å². The van der Waals surface area contributed by atoms with Crippen LogP contribution in [-0.4, -0.2) is 32.6 Å². The molecule has 200 valence electrons. The first-order valence-electron chi connectivity index (χ1n) is 12.9. The number of carbonyl (C=O) groups excluding carboxylic acids is 2. The Morgan fingerprint density at radius 1 is 0.722 bits per heavy atom. The van der Waals surface area contributed by atoms with E-state index >= 15 is 0 Å². The highest BCUT2D eigenvalue weighted by atomic mass is 31.0. The van der Waals surface area contributed by atoms with Crippen LogP contribution in [0.25, 0.3) is 0 Å². The van der Waals surface area contributed by atoms with Gasteiger partial charge in [0.15, 0.2) is 5.78 Å². The molecule has 7 heteroatoms. The van der Waals surface area contributed by atoms with Crippen LogP contribution in [0, 0.1) is 0 Å². The quantitative estimate of drug-likeness (QED) is 0.0732. The molecule has 0 aliphatic heterocycles. The molecule has 2 unspecified atom stereocenters. The average Bonchev–Trinajstić information content (AvgIpc) is 2.93. The van der Waals surface area contributed by atoms with Gasteiger partial charge in [-0.2, -0.15) is 0 Å². The number of ether oxygens (including phenoxy) is 3. The Bertz CT molecular complexity index is 864. The van der Waals surface area contributed by atoms with Crippen molar-refractivity contribution < 1.29 is 28.4 Å². The number of rotatable bonds is 17. The molecule has 0 amide bonds. The van der Waals surface area contributed by atoms with Crippen LogP contribution in [0.3, 0.4) is 0 Å². The van der Waals surface area contributed by atoms with E-state index in [2.05, 4.69) is 6.92 Å². The molecule has 0 aliphatic carbocycles.